The third-order valence-electron chi connectivity index (χ3n) is 4.53. The summed E-state index contributed by atoms with van der Waals surface area (Å²) in [6.07, 6.45) is 2.77. The van der Waals surface area contributed by atoms with Crippen LogP contribution in [-0.4, -0.2) is 16.0 Å². The molecule has 0 bridgehead atoms. The molecule has 5 heteroatoms. The molecule has 0 aliphatic heterocycles. The molecular weight excluding hydrogens is 314 g/mol. The topological polar surface area (TPSA) is 68.0 Å². The van der Waals surface area contributed by atoms with Gasteiger partial charge in [0.2, 0.25) is 17.6 Å². The molecule has 0 spiro atoms. The number of nitrogens with one attached hydrogen (secondary N) is 1. The lowest BCUT2D eigenvalue weighted by atomic mass is 10.1. The summed E-state index contributed by atoms with van der Waals surface area (Å²) in [7, 11) is 0. The van der Waals surface area contributed by atoms with Crippen LogP contribution in [0.15, 0.2) is 59.1 Å². The van der Waals surface area contributed by atoms with Crippen LogP contribution in [0.3, 0.4) is 0 Å². The summed E-state index contributed by atoms with van der Waals surface area (Å²) in [6, 6.07) is 18.1. The van der Waals surface area contributed by atoms with Gasteiger partial charge in [0.05, 0.1) is 6.04 Å². The molecule has 1 aliphatic rings. The molecule has 1 unspecified atom stereocenters. The van der Waals surface area contributed by atoms with Crippen LogP contribution in [-0.2, 0) is 17.6 Å². The second kappa shape index (κ2) is 6.89. The predicted molar refractivity (Wildman–Crippen MR) is 93.7 cm³/mol. The Morgan fingerprint density at radius 2 is 1.92 bits per heavy atom. The Balaban J connectivity index is 1.33. The number of hydrogen-bond donors (Lipinski definition) is 1. The SMILES string of the molecule is O=C(CCc1nc(-c2ccccc2)no1)NC1CCc2ccccc21. The molecule has 1 aliphatic carbocycles. The van der Waals surface area contributed by atoms with E-state index in [0.29, 0.717) is 24.6 Å². The summed E-state index contributed by atoms with van der Waals surface area (Å²) in [4.78, 5) is 16.6. The fourth-order valence-electron chi connectivity index (χ4n) is 3.25. The summed E-state index contributed by atoms with van der Waals surface area (Å²) in [6.45, 7) is 0. The molecule has 1 atom stereocenters. The maximum Gasteiger partial charge on any atom is 0.227 e. The maximum atomic E-state index is 12.3. The zero-order valence-electron chi connectivity index (χ0n) is 13.8. The Bertz CT molecular complexity index is 873. The van der Waals surface area contributed by atoms with E-state index >= 15 is 0 Å². The zero-order valence-corrected chi connectivity index (χ0v) is 13.8. The molecule has 0 fully saturated rings. The molecule has 0 saturated heterocycles. The fraction of sp³-hybridized carbons (Fsp3) is 0.250. The van der Waals surface area contributed by atoms with Gasteiger partial charge in [-0.25, -0.2) is 0 Å². The van der Waals surface area contributed by atoms with Crippen molar-refractivity contribution in [2.45, 2.75) is 31.7 Å². The molecule has 1 amide bonds. The Morgan fingerprint density at radius 1 is 1.12 bits per heavy atom. The first kappa shape index (κ1) is 15.6. The largest absolute Gasteiger partial charge is 0.349 e. The van der Waals surface area contributed by atoms with Gasteiger partial charge in [0.1, 0.15) is 0 Å². The average molecular weight is 333 g/mol. The third-order valence-corrected chi connectivity index (χ3v) is 4.53. The predicted octanol–water partition coefficient (Wildman–Crippen LogP) is 3.47. The molecule has 0 radical (unpaired) electrons. The molecule has 1 N–H and O–H groups in total. The van der Waals surface area contributed by atoms with Crippen LogP contribution in [0.2, 0.25) is 0 Å². The van der Waals surface area contributed by atoms with Crippen LogP contribution in [0.5, 0.6) is 0 Å². The summed E-state index contributed by atoms with van der Waals surface area (Å²) in [5.74, 6) is 1.06. The number of fused-ring (bicyclic) bond motifs is 1. The summed E-state index contributed by atoms with van der Waals surface area (Å²) < 4.78 is 5.25. The smallest absolute Gasteiger partial charge is 0.227 e. The minimum absolute atomic E-state index is 0.0150. The number of nitrogens with zero attached hydrogens (tertiary/aromatic N) is 2. The standard InChI is InChI=1S/C20H19N3O2/c24-18(21-17-11-10-14-6-4-5-9-16(14)17)12-13-19-22-20(23-25-19)15-7-2-1-3-8-15/h1-9,17H,10-13H2,(H,21,24). The van der Waals surface area contributed by atoms with Crippen LogP contribution in [0.25, 0.3) is 11.4 Å². The Hall–Kier alpha value is -2.95. The molecule has 25 heavy (non-hydrogen) atoms. The van der Waals surface area contributed by atoms with E-state index in [-0.39, 0.29) is 11.9 Å². The second-order valence-electron chi connectivity index (χ2n) is 6.24. The fourth-order valence-corrected chi connectivity index (χ4v) is 3.25. The van der Waals surface area contributed by atoms with Gasteiger partial charge in [0.15, 0.2) is 0 Å². The van der Waals surface area contributed by atoms with E-state index in [1.165, 1.54) is 11.1 Å². The van der Waals surface area contributed by atoms with E-state index in [4.69, 9.17) is 4.52 Å². The van der Waals surface area contributed by atoms with Crippen molar-refractivity contribution in [3.8, 4) is 11.4 Å². The minimum Gasteiger partial charge on any atom is -0.349 e. The van der Waals surface area contributed by atoms with Crippen LogP contribution >= 0.6 is 0 Å². The lowest BCUT2D eigenvalue weighted by Gasteiger charge is -2.13. The normalized spacial score (nSPS) is 15.8. The molecular formula is C20H19N3O2. The third kappa shape index (κ3) is 3.45. The number of hydrogen-bond acceptors (Lipinski definition) is 4. The quantitative estimate of drug-likeness (QED) is 0.776. The van der Waals surface area contributed by atoms with E-state index in [9.17, 15) is 4.79 Å². The van der Waals surface area contributed by atoms with E-state index < -0.39 is 0 Å². The Morgan fingerprint density at radius 3 is 2.80 bits per heavy atom. The molecule has 5 nitrogen and oxygen atoms in total. The van der Waals surface area contributed by atoms with Crippen molar-refractivity contribution in [2.75, 3.05) is 0 Å². The monoisotopic (exact) mass is 333 g/mol. The van der Waals surface area contributed by atoms with Crippen molar-refractivity contribution in [3.63, 3.8) is 0 Å². The number of rotatable bonds is 5. The van der Waals surface area contributed by atoms with Crippen molar-refractivity contribution in [1.82, 2.24) is 15.5 Å². The van der Waals surface area contributed by atoms with Crippen molar-refractivity contribution < 1.29 is 9.32 Å². The molecule has 4 rings (SSSR count). The van der Waals surface area contributed by atoms with Crippen LogP contribution in [0, 0.1) is 0 Å². The zero-order chi connectivity index (χ0) is 17.1. The molecule has 126 valence electrons. The number of carbonyl (C=O) groups is 1. The first-order valence-corrected chi connectivity index (χ1v) is 8.55. The van der Waals surface area contributed by atoms with E-state index in [1.807, 2.05) is 42.5 Å². The lowest BCUT2D eigenvalue weighted by Crippen LogP contribution is -2.27. The van der Waals surface area contributed by atoms with Crippen molar-refractivity contribution >= 4 is 5.91 Å². The van der Waals surface area contributed by atoms with Gasteiger partial charge in [0, 0.05) is 18.4 Å². The van der Waals surface area contributed by atoms with Gasteiger partial charge < -0.3 is 9.84 Å². The lowest BCUT2D eigenvalue weighted by molar-refractivity contribution is -0.121. The maximum absolute atomic E-state index is 12.3. The van der Waals surface area contributed by atoms with E-state index in [2.05, 4.69) is 27.6 Å². The van der Waals surface area contributed by atoms with Crippen molar-refractivity contribution in [1.29, 1.82) is 0 Å². The first-order chi connectivity index (χ1) is 12.3. The highest BCUT2D eigenvalue weighted by molar-refractivity contribution is 5.76. The molecule has 2 aromatic carbocycles. The number of aryl methyl sites for hydroxylation is 2. The summed E-state index contributed by atoms with van der Waals surface area (Å²) in [5, 5.41) is 7.09. The summed E-state index contributed by atoms with van der Waals surface area (Å²) in [5.41, 5.74) is 3.47. The number of benzene rings is 2. The van der Waals surface area contributed by atoms with Crippen molar-refractivity contribution in [3.05, 3.63) is 71.6 Å². The van der Waals surface area contributed by atoms with Gasteiger partial charge in [0.25, 0.3) is 0 Å². The van der Waals surface area contributed by atoms with Crippen LogP contribution in [0.1, 0.15) is 35.9 Å². The summed E-state index contributed by atoms with van der Waals surface area (Å²) >= 11 is 0. The van der Waals surface area contributed by atoms with Gasteiger partial charge in [-0.1, -0.05) is 59.8 Å². The molecule has 1 aromatic heterocycles. The number of aromatic nitrogens is 2. The van der Waals surface area contributed by atoms with Crippen molar-refractivity contribution in [2.24, 2.45) is 0 Å². The minimum atomic E-state index is 0.0150. The van der Waals surface area contributed by atoms with Gasteiger partial charge in [-0.15, -0.1) is 0 Å². The first-order valence-electron chi connectivity index (χ1n) is 8.55. The molecule has 0 saturated carbocycles. The highest BCUT2D eigenvalue weighted by Crippen LogP contribution is 2.30. The molecule has 3 aromatic rings. The van der Waals surface area contributed by atoms with Gasteiger partial charge in [-0.2, -0.15) is 4.98 Å². The Kier molecular flexibility index (Phi) is 4.29. The number of carbonyl (C=O) groups excluding carboxylic acids is 1. The van der Waals surface area contributed by atoms with E-state index in [0.717, 1.165) is 18.4 Å². The highest BCUT2D eigenvalue weighted by Gasteiger charge is 2.23. The van der Waals surface area contributed by atoms with Gasteiger partial charge >= 0.3 is 0 Å². The van der Waals surface area contributed by atoms with Crippen LogP contribution in [0.4, 0.5) is 0 Å². The molecule has 1 heterocycles. The van der Waals surface area contributed by atoms with Crippen LogP contribution < -0.4 is 5.32 Å². The van der Waals surface area contributed by atoms with E-state index in [1.54, 1.807) is 0 Å². The Labute approximate surface area is 146 Å². The average Bonchev–Trinajstić information content (AvgIpc) is 3.28. The number of amides is 1. The van der Waals surface area contributed by atoms with Gasteiger partial charge in [-0.05, 0) is 24.0 Å². The second-order valence-corrected chi connectivity index (χ2v) is 6.24. The van der Waals surface area contributed by atoms with Gasteiger partial charge in [-0.3, -0.25) is 4.79 Å². The highest BCUT2D eigenvalue weighted by atomic mass is 16.5.